The molecule has 1 heterocycles. The molecule has 1 unspecified atom stereocenters. The summed E-state index contributed by atoms with van der Waals surface area (Å²) in [6, 6.07) is 4.07. The summed E-state index contributed by atoms with van der Waals surface area (Å²) in [5.41, 5.74) is 0.228. The number of hydrogen-bond donors (Lipinski definition) is 2. The predicted molar refractivity (Wildman–Crippen MR) is 111 cm³/mol. The molecule has 1 saturated heterocycles. The fraction of sp³-hybridized carbons (Fsp3) is 0.474. The summed E-state index contributed by atoms with van der Waals surface area (Å²) in [6.45, 7) is -0.695. The Morgan fingerprint density at radius 1 is 1.17 bits per heavy atom. The van der Waals surface area contributed by atoms with Gasteiger partial charge in [0.05, 0.1) is 23.5 Å². The monoisotopic (exact) mass is 526 g/mol. The van der Waals surface area contributed by atoms with E-state index >= 15 is 0 Å². The van der Waals surface area contributed by atoms with Crippen molar-refractivity contribution in [2.45, 2.75) is 57.0 Å². The third kappa shape index (κ3) is 8.94. The molecule has 1 aliphatic rings. The average molecular weight is 526 g/mol. The summed E-state index contributed by atoms with van der Waals surface area (Å²) < 4.78 is 36.1. The van der Waals surface area contributed by atoms with Crippen LogP contribution in [0.4, 0.5) is 5.69 Å². The zero-order valence-electron chi connectivity index (χ0n) is 19.7. The molecule has 0 saturated carbocycles. The third-order valence-electron chi connectivity index (χ3n) is 4.79. The molecule has 14 nitrogen and oxygen atoms in total. The summed E-state index contributed by atoms with van der Waals surface area (Å²) in [7, 11) is -4.80. The van der Waals surface area contributed by atoms with Crippen molar-refractivity contribution in [3.8, 4) is 0 Å². The summed E-state index contributed by atoms with van der Waals surface area (Å²) in [4.78, 5) is 62.0. The standard InChI is InChI=1S/C19H22N2O12S.Na.H/c22-10-13-7-6-12(8-14(13)21(27)28)11-32-17(24)4-2-1-3-5-18(25)33-20-16(23)9-15(19(20)26)34(29,30)31;;/h6-8,15,22H,1-5,9-11H2,(H,29,30,31);;/q;+1;-1. The van der Waals surface area contributed by atoms with Crippen molar-refractivity contribution in [3.05, 3.63) is 39.4 Å². The number of nitro benzene ring substituents is 1. The maximum atomic E-state index is 11.8. The van der Waals surface area contributed by atoms with E-state index in [9.17, 15) is 37.7 Å². The van der Waals surface area contributed by atoms with E-state index in [4.69, 9.17) is 14.4 Å². The Morgan fingerprint density at radius 3 is 2.34 bits per heavy atom. The molecular formula is C19H23N2NaO12S. The molecule has 0 aliphatic carbocycles. The normalized spacial score (nSPS) is 15.5. The topological polar surface area (TPSA) is 208 Å². The van der Waals surface area contributed by atoms with Gasteiger partial charge in [-0.15, -0.1) is 5.06 Å². The van der Waals surface area contributed by atoms with Gasteiger partial charge in [0.15, 0.2) is 5.25 Å². The van der Waals surface area contributed by atoms with Crippen LogP contribution in [0.25, 0.3) is 0 Å². The smallest absolute Gasteiger partial charge is 1.00 e. The number of amides is 2. The van der Waals surface area contributed by atoms with Gasteiger partial charge in [-0.05, 0) is 24.5 Å². The van der Waals surface area contributed by atoms with Crippen molar-refractivity contribution < 1.29 is 82.7 Å². The molecule has 0 radical (unpaired) electrons. The second-order valence-electron chi connectivity index (χ2n) is 7.30. The van der Waals surface area contributed by atoms with Crippen LogP contribution in [0.3, 0.4) is 0 Å². The molecule has 1 aliphatic heterocycles. The zero-order chi connectivity index (χ0) is 25.5. The van der Waals surface area contributed by atoms with Crippen molar-refractivity contribution in [1.29, 1.82) is 0 Å². The van der Waals surface area contributed by atoms with E-state index in [0.717, 1.165) is 0 Å². The van der Waals surface area contributed by atoms with E-state index in [2.05, 4.69) is 4.84 Å². The molecule has 1 aromatic carbocycles. The number of nitrogens with zero attached hydrogens (tertiary/aromatic N) is 2. The molecule has 0 bridgehead atoms. The molecule has 2 N–H and O–H groups in total. The third-order valence-corrected chi connectivity index (χ3v) is 5.88. The molecule has 1 aromatic rings. The van der Waals surface area contributed by atoms with Crippen molar-refractivity contribution in [1.82, 2.24) is 5.06 Å². The Labute approximate surface area is 223 Å². The molecule has 2 rings (SSSR count). The zero-order valence-corrected chi connectivity index (χ0v) is 21.6. The van der Waals surface area contributed by atoms with Crippen molar-refractivity contribution in [2.75, 3.05) is 0 Å². The van der Waals surface area contributed by atoms with Crippen LogP contribution in [-0.4, -0.2) is 57.1 Å². The van der Waals surface area contributed by atoms with Crippen LogP contribution in [0.1, 0.15) is 51.1 Å². The molecule has 188 valence electrons. The van der Waals surface area contributed by atoms with Gasteiger partial charge < -0.3 is 16.1 Å². The molecule has 35 heavy (non-hydrogen) atoms. The summed E-state index contributed by atoms with van der Waals surface area (Å²) in [6.07, 6.45) is -0.0854. The summed E-state index contributed by atoms with van der Waals surface area (Å²) in [5.74, 6) is -3.95. The number of aliphatic hydroxyl groups is 1. The fourth-order valence-electron chi connectivity index (χ4n) is 3.01. The first kappa shape index (κ1) is 30.6. The van der Waals surface area contributed by atoms with E-state index in [1.807, 2.05) is 0 Å². The van der Waals surface area contributed by atoms with Crippen molar-refractivity contribution >= 4 is 39.6 Å². The number of hydroxylamine groups is 2. The number of rotatable bonds is 12. The number of benzene rings is 1. The van der Waals surface area contributed by atoms with Gasteiger partial charge in [-0.25, -0.2) is 4.79 Å². The molecular weight excluding hydrogens is 503 g/mol. The van der Waals surface area contributed by atoms with E-state index in [1.54, 1.807) is 0 Å². The van der Waals surface area contributed by atoms with Gasteiger partial charge in [-0.1, -0.05) is 12.5 Å². The molecule has 0 spiro atoms. The second kappa shape index (κ2) is 13.6. The number of nitro groups is 1. The van der Waals surface area contributed by atoms with Crippen LogP contribution in [0, 0.1) is 10.1 Å². The van der Waals surface area contributed by atoms with Crippen LogP contribution in [-0.2, 0) is 52.1 Å². The predicted octanol–water partition coefficient (Wildman–Crippen LogP) is -2.33. The number of ether oxygens (including phenoxy) is 1. The number of imide groups is 1. The van der Waals surface area contributed by atoms with Gasteiger partial charge in [-0.2, -0.15) is 8.42 Å². The molecule has 2 amide bonds. The Hall–Kier alpha value is -2.43. The van der Waals surface area contributed by atoms with E-state index in [-0.39, 0.29) is 73.2 Å². The number of hydrogen-bond acceptors (Lipinski definition) is 11. The first-order valence-corrected chi connectivity index (χ1v) is 11.5. The Kier molecular flexibility index (Phi) is 11.9. The number of carbonyl (C=O) groups is 4. The largest absolute Gasteiger partial charge is 1.00 e. The van der Waals surface area contributed by atoms with E-state index in [1.165, 1.54) is 18.2 Å². The minimum absolute atomic E-state index is 0. The van der Waals surface area contributed by atoms with Gasteiger partial charge in [0.1, 0.15) is 6.61 Å². The number of esters is 1. The Morgan fingerprint density at radius 2 is 1.80 bits per heavy atom. The molecule has 0 aromatic heterocycles. The van der Waals surface area contributed by atoms with Gasteiger partial charge in [-0.3, -0.25) is 29.1 Å². The average Bonchev–Trinajstić information content (AvgIpc) is 3.05. The number of aliphatic hydroxyl groups excluding tert-OH is 1. The van der Waals surface area contributed by atoms with Crippen molar-refractivity contribution in [3.63, 3.8) is 0 Å². The van der Waals surface area contributed by atoms with Gasteiger partial charge >= 0.3 is 41.5 Å². The first-order chi connectivity index (χ1) is 15.9. The number of unbranched alkanes of at least 4 members (excludes halogenated alkanes) is 2. The van der Waals surface area contributed by atoms with E-state index < -0.39 is 57.1 Å². The van der Waals surface area contributed by atoms with Gasteiger partial charge in [0.25, 0.3) is 27.6 Å². The molecule has 1 atom stereocenters. The maximum absolute atomic E-state index is 11.8. The quantitative estimate of drug-likeness (QED) is 0.0559. The minimum Gasteiger partial charge on any atom is -1.00 e. The van der Waals surface area contributed by atoms with Crippen LogP contribution >= 0.6 is 0 Å². The molecule has 1 fully saturated rings. The van der Waals surface area contributed by atoms with Crippen LogP contribution in [0.5, 0.6) is 0 Å². The van der Waals surface area contributed by atoms with Gasteiger partial charge in [0.2, 0.25) is 0 Å². The van der Waals surface area contributed by atoms with Crippen LogP contribution in [0.15, 0.2) is 18.2 Å². The minimum atomic E-state index is -4.80. The Bertz CT molecular complexity index is 1100. The summed E-state index contributed by atoms with van der Waals surface area (Å²) in [5, 5.41) is 18.1. The SMILES string of the molecule is O=C(CCCCCC(=O)ON1C(=O)CC(S(=O)(=O)O)C1=O)OCc1ccc(CO)c([N+](=O)[O-])c1.[H-].[Na+]. The fourth-order valence-corrected chi connectivity index (χ4v) is 3.72. The summed E-state index contributed by atoms with van der Waals surface area (Å²) >= 11 is 0. The Balaban J connectivity index is 0.00000612. The maximum Gasteiger partial charge on any atom is 1.00 e. The van der Waals surface area contributed by atoms with Gasteiger partial charge in [0, 0.05) is 18.9 Å². The van der Waals surface area contributed by atoms with E-state index in [0.29, 0.717) is 18.4 Å². The van der Waals surface area contributed by atoms with Crippen LogP contribution in [0.2, 0.25) is 0 Å². The molecule has 16 heteroatoms. The van der Waals surface area contributed by atoms with Crippen molar-refractivity contribution in [2.24, 2.45) is 0 Å². The second-order valence-corrected chi connectivity index (χ2v) is 8.90. The van der Waals surface area contributed by atoms with Crippen LogP contribution < -0.4 is 29.6 Å². The number of carbonyl (C=O) groups excluding carboxylic acids is 4. The first-order valence-electron chi connectivity index (χ1n) is 10.0.